The summed E-state index contributed by atoms with van der Waals surface area (Å²) in [4.78, 5) is 0.270. The monoisotopic (exact) mass is 282 g/mol. The number of nitrogens with two attached hydrogens (primary N) is 1. The number of rotatable bonds is 5. The van der Waals surface area contributed by atoms with Crippen LogP contribution >= 0.6 is 0 Å². The Morgan fingerprint density at radius 1 is 1.42 bits per heavy atom. The van der Waals surface area contributed by atoms with Gasteiger partial charge in [-0.05, 0) is 30.7 Å². The van der Waals surface area contributed by atoms with Crippen molar-refractivity contribution >= 4 is 15.7 Å². The van der Waals surface area contributed by atoms with Gasteiger partial charge in [-0.15, -0.1) is 6.58 Å². The van der Waals surface area contributed by atoms with Gasteiger partial charge in [0, 0.05) is 18.8 Å². The van der Waals surface area contributed by atoms with E-state index < -0.39 is 10.0 Å². The molecule has 6 heteroatoms. The van der Waals surface area contributed by atoms with Crippen LogP contribution in [0.4, 0.5) is 5.69 Å². The Hall–Kier alpha value is -1.37. The molecule has 5 nitrogen and oxygen atoms in total. The number of hydrogen-bond donors (Lipinski definition) is 1. The average molecular weight is 282 g/mol. The fourth-order valence-electron chi connectivity index (χ4n) is 2.05. The van der Waals surface area contributed by atoms with Gasteiger partial charge in [-0.1, -0.05) is 6.08 Å². The van der Waals surface area contributed by atoms with Crippen molar-refractivity contribution in [3.63, 3.8) is 0 Å². The summed E-state index contributed by atoms with van der Waals surface area (Å²) in [6.07, 6.45) is 2.32. The molecule has 1 aromatic carbocycles. The van der Waals surface area contributed by atoms with E-state index in [1.807, 2.05) is 0 Å². The Balaban J connectivity index is 2.09. The molecule has 1 saturated heterocycles. The SMILES string of the molecule is C=CCOC1CCN(S(=O)(=O)c2ccc(N)cc2)C1. The molecule has 1 aromatic rings. The van der Waals surface area contributed by atoms with Gasteiger partial charge in [0.25, 0.3) is 0 Å². The topological polar surface area (TPSA) is 72.6 Å². The molecule has 2 rings (SSSR count). The zero-order chi connectivity index (χ0) is 13.9. The van der Waals surface area contributed by atoms with E-state index in [0.717, 1.165) is 0 Å². The Morgan fingerprint density at radius 3 is 2.74 bits per heavy atom. The van der Waals surface area contributed by atoms with Crippen molar-refractivity contribution in [1.29, 1.82) is 0 Å². The van der Waals surface area contributed by atoms with Gasteiger partial charge >= 0.3 is 0 Å². The first kappa shape index (κ1) is 14.0. The molecule has 0 spiro atoms. The number of nitrogen functional groups attached to an aromatic ring is 1. The molecule has 0 saturated carbocycles. The lowest BCUT2D eigenvalue weighted by atomic mass is 10.3. The minimum atomic E-state index is -3.44. The molecular weight excluding hydrogens is 264 g/mol. The van der Waals surface area contributed by atoms with Crippen molar-refractivity contribution in [2.45, 2.75) is 17.4 Å². The summed E-state index contributed by atoms with van der Waals surface area (Å²) in [5.41, 5.74) is 6.11. The number of ether oxygens (including phenoxy) is 1. The zero-order valence-electron chi connectivity index (χ0n) is 10.7. The van der Waals surface area contributed by atoms with Gasteiger partial charge in [-0.2, -0.15) is 4.31 Å². The number of hydrogen-bond acceptors (Lipinski definition) is 4. The summed E-state index contributed by atoms with van der Waals surface area (Å²) in [6.45, 7) is 4.89. The smallest absolute Gasteiger partial charge is 0.243 e. The van der Waals surface area contributed by atoms with Crippen LogP contribution in [0.1, 0.15) is 6.42 Å². The fraction of sp³-hybridized carbons (Fsp3) is 0.385. The van der Waals surface area contributed by atoms with Crippen molar-refractivity contribution < 1.29 is 13.2 Å². The van der Waals surface area contributed by atoms with Gasteiger partial charge in [0.1, 0.15) is 0 Å². The minimum Gasteiger partial charge on any atom is -0.399 e. The van der Waals surface area contributed by atoms with Crippen LogP contribution in [0.25, 0.3) is 0 Å². The van der Waals surface area contributed by atoms with Gasteiger partial charge in [0.15, 0.2) is 0 Å². The Morgan fingerprint density at radius 2 is 2.11 bits per heavy atom. The third-order valence-corrected chi connectivity index (χ3v) is 4.95. The normalized spacial score (nSPS) is 20.5. The Kier molecular flexibility index (Phi) is 4.24. The van der Waals surface area contributed by atoms with Crippen LogP contribution in [-0.2, 0) is 14.8 Å². The first-order valence-corrected chi connectivity index (χ1v) is 7.56. The molecule has 1 heterocycles. The lowest BCUT2D eigenvalue weighted by molar-refractivity contribution is 0.0856. The van der Waals surface area contributed by atoms with Crippen LogP contribution in [0.15, 0.2) is 41.8 Å². The molecule has 0 aromatic heterocycles. The molecule has 1 atom stereocenters. The van der Waals surface area contributed by atoms with E-state index in [2.05, 4.69) is 6.58 Å². The second-order valence-electron chi connectivity index (χ2n) is 4.46. The van der Waals surface area contributed by atoms with E-state index in [1.54, 1.807) is 18.2 Å². The zero-order valence-corrected chi connectivity index (χ0v) is 11.5. The maximum Gasteiger partial charge on any atom is 0.243 e. The van der Waals surface area contributed by atoms with E-state index in [-0.39, 0.29) is 11.0 Å². The van der Waals surface area contributed by atoms with Crippen LogP contribution < -0.4 is 5.73 Å². The quantitative estimate of drug-likeness (QED) is 0.651. The van der Waals surface area contributed by atoms with Crippen molar-refractivity contribution in [3.05, 3.63) is 36.9 Å². The maximum atomic E-state index is 12.4. The van der Waals surface area contributed by atoms with Crippen LogP contribution in [0.3, 0.4) is 0 Å². The third kappa shape index (κ3) is 3.15. The summed E-state index contributed by atoms with van der Waals surface area (Å²) >= 11 is 0. The molecule has 104 valence electrons. The lowest BCUT2D eigenvalue weighted by Crippen LogP contribution is -2.30. The molecule has 1 aliphatic rings. The Bertz CT molecular complexity index is 540. The number of nitrogens with zero attached hydrogens (tertiary/aromatic N) is 1. The van der Waals surface area contributed by atoms with Crippen LogP contribution in [0.2, 0.25) is 0 Å². The summed E-state index contributed by atoms with van der Waals surface area (Å²) in [5.74, 6) is 0. The van der Waals surface area contributed by atoms with Crippen LogP contribution in [0.5, 0.6) is 0 Å². The second-order valence-corrected chi connectivity index (χ2v) is 6.40. The van der Waals surface area contributed by atoms with Gasteiger partial charge in [-0.3, -0.25) is 0 Å². The van der Waals surface area contributed by atoms with Crippen LogP contribution in [0, 0.1) is 0 Å². The van der Waals surface area contributed by atoms with Gasteiger partial charge < -0.3 is 10.5 Å². The first-order valence-electron chi connectivity index (χ1n) is 6.12. The molecule has 1 aliphatic heterocycles. The van der Waals surface area contributed by atoms with E-state index >= 15 is 0 Å². The van der Waals surface area contributed by atoms with Crippen molar-refractivity contribution in [2.24, 2.45) is 0 Å². The first-order chi connectivity index (χ1) is 9.04. The third-order valence-electron chi connectivity index (χ3n) is 3.08. The molecule has 0 radical (unpaired) electrons. The predicted molar refractivity (Wildman–Crippen MR) is 74.2 cm³/mol. The summed E-state index contributed by atoms with van der Waals surface area (Å²) in [6, 6.07) is 6.24. The largest absolute Gasteiger partial charge is 0.399 e. The van der Waals surface area contributed by atoms with Gasteiger partial charge in [0.2, 0.25) is 10.0 Å². The number of anilines is 1. The van der Waals surface area contributed by atoms with Gasteiger partial charge in [-0.25, -0.2) is 8.42 Å². The summed E-state index contributed by atoms with van der Waals surface area (Å²) < 4.78 is 31.7. The highest BCUT2D eigenvalue weighted by Gasteiger charge is 2.32. The van der Waals surface area contributed by atoms with E-state index in [1.165, 1.54) is 16.4 Å². The second kappa shape index (κ2) is 5.73. The molecular formula is C13H18N2O3S. The highest BCUT2D eigenvalue weighted by Crippen LogP contribution is 2.23. The number of benzene rings is 1. The molecule has 0 amide bonds. The van der Waals surface area contributed by atoms with Crippen LogP contribution in [-0.4, -0.2) is 38.5 Å². The summed E-state index contributed by atoms with van der Waals surface area (Å²) in [7, 11) is -3.44. The molecule has 19 heavy (non-hydrogen) atoms. The van der Waals surface area contributed by atoms with E-state index in [0.29, 0.717) is 31.8 Å². The van der Waals surface area contributed by atoms with Crippen molar-refractivity contribution in [2.75, 3.05) is 25.4 Å². The minimum absolute atomic E-state index is 0.0541. The van der Waals surface area contributed by atoms with Crippen molar-refractivity contribution in [1.82, 2.24) is 4.31 Å². The molecule has 1 unspecified atom stereocenters. The molecule has 0 bridgehead atoms. The van der Waals surface area contributed by atoms with Crippen molar-refractivity contribution in [3.8, 4) is 0 Å². The molecule has 1 fully saturated rings. The predicted octanol–water partition coefficient (Wildman–Crippen LogP) is 1.23. The maximum absolute atomic E-state index is 12.4. The average Bonchev–Trinajstić information content (AvgIpc) is 2.86. The lowest BCUT2D eigenvalue weighted by Gasteiger charge is -2.16. The molecule has 0 aliphatic carbocycles. The molecule has 2 N–H and O–H groups in total. The highest BCUT2D eigenvalue weighted by atomic mass is 32.2. The highest BCUT2D eigenvalue weighted by molar-refractivity contribution is 7.89. The van der Waals surface area contributed by atoms with E-state index in [9.17, 15) is 8.42 Å². The number of sulfonamides is 1. The standard InChI is InChI=1S/C13H18N2O3S/c1-2-9-18-12-7-8-15(10-12)19(16,17)13-5-3-11(14)4-6-13/h2-6,12H,1,7-10,14H2. The summed E-state index contributed by atoms with van der Waals surface area (Å²) in [5, 5.41) is 0. The Labute approximate surface area is 113 Å². The fourth-order valence-corrected chi connectivity index (χ4v) is 3.53. The van der Waals surface area contributed by atoms with E-state index in [4.69, 9.17) is 10.5 Å². The van der Waals surface area contributed by atoms with Gasteiger partial charge in [0.05, 0.1) is 17.6 Å².